The molecule has 1 amide bonds. The molecule has 1 aliphatic rings. The highest BCUT2D eigenvalue weighted by Gasteiger charge is 2.32. The molecule has 0 radical (unpaired) electrons. The lowest BCUT2D eigenvalue weighted by Crippen LogP contribution is -2.32. The van der Waals surface area contributed by atoms with E-state index in [0.717, 1.165) is 5.56 Å². The molecule has 1 aromatic rings. The molecule has 1 fully saturated rings. The molecule has 1 aromatic carbocycles. The van der Waals surface area contributed by atoms with Gasteiger partial charge in [-0.25, -0.2) is 4.79 Å². The van der Waals surface area contributed by atoms with Crippen molar-refractivity contribution in [1.82, 2.24) is 4.90 Å². The van der Waals surface area contributed by atoms with Gasteiger partial charge in [-0.2, -0.15) is 5.26 Å². The van der Waals surface area contributed by atoms with Gasteiger partial charge in [-0.3, -0.25) is 0 Å². The van der Waals surface area contributed by atoms with E-state index in [1.54, 1.807) is 24.3 Å². The number of nitrogens with zero attached hydrogens (tertiary/aromatic N) is 2. The van der Waals surface area contributed by atoms with Crippen LogP contribution in [0.4, 0.5) is 4.79 Å². The zero-order valence-electron chi connectivity index (χ0n) is 10.5. The van der Waals surface area contributed by atoms with Crippen molar-refractivity contribution in [3.05, 3.63) is 35.4 Å². The maximum absolute atomic E-state index is 10.9. The van der Waals surface area contributed by atoms with Crippen LogP contribution in [0, 0.1) is 11.3 Å². The predicted molar refractivity (Wildman–Crippen MR) is 68.5 cm³/mol. The van der Waals surface area contributed by atoms with Gasteiger partial charge in [-0.15, -0.1) is 0 Å². The number of likely N-dealkylation sites (tertiary alicyclic amines) is 1. The Morgan fingerprint density at radius 1 is 1.26 bits per heavy atom. The first-order chi connectivity index (χ1) is 9.05. The lowest BCUT2D eigenvalue weighted by atomic mass is 9.86. The number of rotatable bonds is 1. The summed E-state index contributed by atoms with van der Waals surface area (Å²) in [5.41, 5.74) is 0.296. The first kappa shape index (κ1) is 13.4. The van der Waals surface area contributed by atoms with Crippen LogP contribution in [0.1, 0.15) is 30.4 Å². The minimum Gasteiger partial charge on any atom is -0.465 e. The molecular weight excluding hydrogens is 244 g/mol. The van der Waals surface area contributed by atoms with Crippen LogP contribution in [0.15, 0.2) is 24.3 Å². The zero-order chi connectivity index (χ0) is 13.9. The van der Waals surface area contributed by atoms with Gasteiger partial charge in [-0.1, -0.05) is 12.1 Å². The fraction of sp³-hybridized carbons (Fsp3) is 0.429. The number of benzene rings is 1. The van der Waals surface area contributed by atoms with Crippen LogP contribution in [-0.2, 0) is 5.60 Å². The predicted octanol–water partition coefficient (Wildman–Crippen LogP) is 1.91. The molecule has 5 heteroatoms. The van der Waals surface area contributed by atoms with Gasteiger partial charge in [0.25, 0.3) is 0 Å². The van der Waals surface area contributed by atoms with Crippen molar-refractivity contribution < 1.29 is 15.0 Å². The molecule has 2 rings (SSSR count). The van der Waals surface area contributed by atoms with Crippen molar-refractivity contribution in [2.45, 2.75) is 24.9 Å². The number of aliphatic hydroxyl groups is 1. The molecule has 1 aliphatic heterocycles. The third-order valence-corrected chi connectivity index (χ3v) is 3.64. The maximum atomic E-state index is 10.9. The molecule has 0 spiro atoms. The summed E-state index contributed by atoms with van der Waals surface area (Å²) < 4.78 is 0. The number of nitriles is 1. The molecule has 1 heterocycles. The summed E-state index contributed by atoms with van der Waals surface area (Å²) in [6.07, 6.45) is 0.598. The molecule has 0 aliphatic carbocycles. The lowest BCUT2D eigenvalue weighted by Gasteiger charge is -2.27. The van der Waals surface area contributed by atoms with E-state index < -0.39 is 11.7 Å². The summed E-state index contributed by atoms with van der Waals surface area (Å²) >= 11 is 0. The van der Waals surface area contributed by atoms with Crippen LogP contribution in [0.2, 0.25) is 0 Å². The summed E-state index contributed by atoms with van der Waals surface area (Å²) in [5, 5.41) is 28.4. The molecule has 1 saturated heterocycles. The molecule has 0 aromatic heterocycles. The number of carboxylic acid groups (broad SMARTS) is 1. The molecule has 5 nitrogen and oxygen atoms in total. The van der Waals surface area contributed by atoms with Gasteiger partial charge in [0.2, 0.25) is 0 Å². The Morgan fingerprint density at radius 2 is 1.95 bits per heavy atom. The van der Waals surface area contributed by atoms with Crippen LogP contribution in [0.25, 0.3) is 0 Å². The Bertz CT molecular complexity index is 506. The minimum atomic E-state index is -1.00. The number of amides is 1. The summed E-state index contributed by atoms with van der Waals surface area (Å²) in [6.45, 7) is 0.778. The van der Waals surface area contributed by atoms with Gasteiger partial charge in [0.1, 0.15) is 0 Å². The quantitative estimate of drug-likeness (QED) is 0.807. The van der Waals surface area contributed by atoms with Gasteiger partial charge in [-0.05, 0) is 37.0 Å². The fourth-order valence-electron chi connectivity index (χ4n) is 2.45. The van der Waals surface area contributed by atoms with Gasteiger partial charge < -0.3 is 15.1 Å². The smallest absolute Gasteiger partial charge is 0.407 e. The summed E-state index contributed by atoms with van der Waals surface area (Å²) in [4.78, 5) is 12.3. The minimum absolute atomic E-state index is 0.325. The maximum Gasteiger partial charge on any atom is 0.407 e. The molecule has 1 unspecified atom stereocenters. The third-order valence-electron chi connectivity index (χ3n) is 3.64. The highest BCUT2D eigenvalue weighted by molar-refractivity contribution is 5.64. The zero-order valence-corrected chi connectivity index (χ0v) is 10.5. The van der Waals surface area contributed by atoms with Crippen molar-refractivity contribution in [1.29, 1.82) is 5.26 Å². The molecule has 19 heavy (non-hydrogen) atoms. The summed E-state index contributed by atoms with van der Waals surface area (Å²) in [7, 11) is 0. The van der Waals surface area contributed by atoms with Gasteiger partial charge in [0.05, 0.1) is 17.2 Å². The van der Waals surface area contributed by atoms with Gasteiger partial charge >= 0.3 is 6.09 Å². The van der Waals surface area contributed by atoms with Gasteiger partial charge in [0, 0.05) is 13.1 Å². The van der Waals surface area contributed by atoms with E-state index >= 15 is 0 Å². The van der Waals surface area contributed by atoms with Crippen molar-refractivity contribution in [2.24, 2.45) is 0 Å². The first-order valence-corrected chi connectivity index (χ1v) is 6.26. The Balaban J connectivity index is 2.17. The van der Waals surface area contributed by atoms with Crippen molar-refractivity contribution in [3.63, 3.8) is 0 Å². The Labute approximate surface area is 111 Å². The van der Waals surface area contributed by atoms with E-state index in [1.165, 1.54) is 4.90 Å². The van der Waals surface area contributed by atoms with Gasteiger partial charge in [0.15, 0.2) is 0 Å². The molecule has 100 valence electrons. The average molecular weight is 260 g/mol. The van der Waals surface area contributed by atoms with Crippen LogP contribution in [-0.4, -0.2) is 34.3 Å². The first-order valence-electron chi connectivity index (χ1n) is 6.26. The summed E-state index contributed by atoms with van der Waals surface area (Å²) in [5.74, 6) is 0. The largest absolute Gasteiger partial charge is 0.465 e. The second kappa shape index (κ2) is 5.29. The standard InChI is InChI=1S/C14H16N2O3/c15-10-11-2-4-12(5-3-11)14(19)6-1-8-16(9-7-14)13(17)18/h2-5,19H,1,6-9H2,(H,17,18). The Morgan fingerprint density at radius 3 is 2.53 bits per heavy atom. The van der Waals surface area contributed by atoms with Crippen LogP contribution in [0.5, 0.6) is 0 Å². The highest BCUT2D eigenvalue weighted by Crippen LogP contribution is 2.32. The van der Waals surface area contributed by atoms with E-state index in [2.05, 4.69) is 0 Å². The third kappa shape index (κ3) is 2.85. The van der Waals surface area contributed by atoms with Crippen molar-refractivity contribution >= 4 is 6.09 Å². The second-order valence-corrected chi connectivity index (χ2v) is 4.84. The average Bonchev–Trinajstić information content (AvgIpc) is 2.62. The molecular formula is C14H16N2O3. The molecule has 2 N–H and O–H groups in total. The normalized spacial score (nSPS) is 23.5. The van der Waals surface area contributed by atoms with Crippen LogP contribution < -0.4 is 0 Å². The summed E-state index contributed by atoms with van der Waals surface area (Å²) in [6, 6.07) is 8.87. The van der Waals surface area contributed by atoms with E-state index in [-0.39, 0.29) is 0 Å². The van der Waals surface area contributed by atoms with E-state index in [9.17, 15) is 9.90 Å². The number of hydrogen-bond donors (Lipinski definition) is 2. The molecule has 0 saturated carbocycles. The second-order valence-electron chi connectivity index (χ2n) is 4.84. The number of carbonyl (C=O) groups is 1. The molecule has 0 bridgehead atoms. The van der Waals surface area contributed by atoms with Crippen molar-refractivity contribution in [3.8, 4) is 6.07 Å². The van der Waals surface area contributed by atoms with Crippen LogP contribution >= 0.6 is 0 Å². The highest BCUT2D eigenvalue weighted by atomic mass is 16.4. The molecule has 1 atom stereocenters. The Kier molecular flexibility index (Phi) is 3.72. The van der Waals surface area contributed by atoms with Crippen molar-refractivity contribution in [2.75, 3.05) is 13.1 Å². The van der Waals surface area contributed by atoms with E-state index in [1.807, 2.05) is 6.07 Å². The van der Waals surface area contributed by atoms with Crippen LogP contribution in [0.3, 0.4) is 0 Å². The number of hydrogen-bond acceptors (Lipinski definition) is 3. The fourth-order valence-corrected chi connectivity index (χ4v) is 2.45. The topological polar surface area (TPSA) is 84.6 Å². The van der Waals surface area contributed by atoms with E-state index in [4.69, 9.17) is 10.4 Å². The lowest BCUT2D eigenvalue weighted by molar-refractivity contribution is 0.0216. The monoisotopic (exact) mass is 260 g/mol. The Hall–Kier alpha value is -2.06. The SMILES string of the molecule is N#Cc1ccc(C2(O)CCCN(C(=O)O)CC2)cc1. The van der Waals surface area contributed by atoms with E-state index in [0.29, 0.717) is 37.9 Å².